The third kappa shape index (κ3) is 25.4. The van der Waals surface area contributed by atoms with Crippen LogP contribution in [-0.2, 0) is 49.8 Å². The lowest BCUT2D eigenvalue weighted by Crippen LogP contribution is -2.60. The number of amides is 2. The lowest BCUT2D eigenvalue weighted by Gasteiger charge is -2.40. The number of nitrogens with zero attached hydrogens (tertiary/aromatic N) is 2. The highest BCUT2D eigenvalue weighted by molar-refractivity contribution is 7.91. The van der Waals surface area contributed by atoms with Gasteiger partial charge in [0.05, 0.1) is 24.9 Å². The molecule has 24 heteroatoms. The Kier molecular flexibility index (Phi) is 27.8. The normalized spacial score (nSPS) is 18.4. The molecule has 0 unspecified atom stereocenters. The van der Waals surface area contributed by atoms with Gasteiger partial charge in [-0.15, -0.1) is 13.2 Å². The Morgan fingerprint density at radius 3 is 1.60 bits per heavy atom. The first-order chi connectivity index (χ1) is 31.3. The molecule has 4 heterocycles. The molecule has 1 aromatic rings. The van der Waals surface area contributed by atoms with E-state index >= 15 is 0 Å². The molecule has 4 saturated heterocycles. The van der Waals surface area contributed by atoms with E-state index in [1.54, 1.807) is 46.4 Å². The van der Waals surface area contributed by atoms with Gasteiger partial charge in [0.1, 0.15) is 22.6 Å². The maximum atomic E-state index is 13.2. The molecule has 0 atom stereocenters. The van der Waals surface area contributed by atoms with E-state index in [1.807, 2.05) is 20.8 Å². The molecule has 4 aliphatic rings. The Hall–Kier alpha value is -4.04. The number of ether oxygens (including phenoxy) is 7. The van der Waals surface area contributed by atoms with E-state index in [9.17, 15) is 45.9 Å². The number of carbonyl (C=O) groups excluding carboxylic acids is 4. The molecule has 70 heavy (non-hydrogen) atoms. The highest BCUT2D eigenvalue weighted by atomic mass is 32.2. The molecule has 0 aliphatic carbocycles. The third-order valence-corrected chi connectivity index (χ3v) is 12.7. The molecule has 5 N–H and O–H groups in total. The van der Waals surface area contributed by atoms with Gasteiger partial charge in [0.25, 0.3) is 5.91 Å². The summed E-state index contributed by atoms with van der Waals surface area (Å²) in [5.41, 5.74) is 0.308. The molecule has 0 spiro atoms. The van der Waals surface area contributed by atoms with E-state index in [4.69, 9.17) is 34.0 Å². The van der Waals surface area contributed by atoms with Crippen molar-refractivity contribution in [1.29, 1.82) is 0 Å². The predicted molar refractivity (Wildman–Crippen MR) is 252 cm³/mol. The monoisotopic (exact) mass is 1030 g/mol. The number of rotatable bonds is 7. The quantitative estimate of drug-likeness (QED) is 0.0594. The number of nitrogens with one attached hydrogen (secondary N) is 2. The van der Waals surface area contributed by atoms with Crippen LogP contribution in [0.2, 0.25) is 0 Å². The van der Waals surface area contributed by atoms with Crippen molar-refractivity contribution in [2.24, 2.45) is 0 Å². The Labute approximate surface area is 412 Å². The topological polar surface area (TPSA) is 258 Å². The van der Waals surface area contributed by atoms with E-state index in [2.05, 4.69) is 14.8 Å². The summed E-state index contributed by atoms with van der Waals surface area (Å²) in [6.07, 6.45) is -3.83. The minimum atomic E-state index is -4.76. The van der Waals surface area contributed by atoms with E-state index in [1.165, 1.54) is 34.1 Å². The summed E-state index contributed by atoms with van der Waals surface area (Å²) in [4.78, 5) is 47.5. The third-order valence-electron chi connectivity index (χ3n) is 10.1. The summed E-state index contributed by atoms with van der Waals surface area (Å²) in [6.45, 7) is 19.4. The van der Waals surface area contributed by atoms with Gasteiger partial charge in [-0.3, -0.25) is 10.0 Å². The Bertz CT molecular complexity index is 1780. The van der Waals surface area contributed by atoms with Gasteiger partial charge < -0.3 is 53.6 Å². The van der Waals surface area contributed by atoms with Gasteiger partial charge in [-0.1, -0.05) is 27.0 Å². The first-order valence-electron chi connectivity index (χ1n) is 22.5. The number of hydroxylamine groups is 1. The predicted octanol–water partition coefficient (Wildman–Crippen LogP) is 7.20. The number of aliphatic hydroxyl groups excluding tert-OH is 2. The molecule has 408 valence electrons. The number of likely N-dealkylation sites (tertiary alicyclic amines) is 1. The average Bonchev–Trinajstić information content (AvgIpc) is 3.22. The highest BCUT2D eigenvalue weighted by Gasteiger charge is 2.54. The van der Waals surface area contributed by atoms with Gasteiger partial charge in [0.15, 0.2) is 4.75 Å². The van der Waals surface area contributed by atoms with Gasteiger partial charge >= 0.3 is 24.8 Å². The number of halogens is 3. The van der Waals surface area contributed by atoms with Gasteiger partial charge in [-0.05, 0) is 132 Å². The second-order valence-electron chi connectivity index (χ2n) is 19.4. The van der Waals surface area contributed by atoms with Gasteiger partial charge in [-0.25, -0.2) is 32.6 Å². The van der Waals surface area contributed by atoms with Crippen LogP contribution in [0.5, 0.6) is 5.75 Å². The number of piperidine rings is 3. The van der Waals surface area contributed by atoms with Crippen LogP contribution in [0.3, 0.4) is 0 Å². The molecule has 4 fully saturated rings. The van der Waals surface area contributed by atoms with Gasteiger partial charge in [-0.2, -0.15) is 0 Å². The molecular weight excluding hydrogens is 954 g/mol. The minimum absolute atomic E-state index is 0. The summed E-state index contributed by atoms with van der Waals surface area (Å²) >= 11 is 0. The summed E-state index contributed by atoms with van der Waals surface area (Å²) < 4.78 is 96.5. The minimum Gasteiger partial charge on any atom is -0.444 e. The van der Waals surface area contributed by atoms with Crippen molar-refractivity contribution in [3.05, 3.63) is 29.8 Å². The second-order valence-corrected chi connectivity index (χ2v) is 21.6. The molecule has 0 radical (unpaired) electrons. The highest BCUT2D eigenvalue weighted by Crippen LogP contribution is 2.35. The van der Waals surface area contributed by atoms with Crippen molar-refractivity contribution >= 4 is 34.3 Å². The lowest BCUT2D eigenvalue weighted by molar-refractivity contribution is -0.274. The van der Waals surface area contributed by atoms with E-state index < -0.39 is 56.2 Å². The zero-order valence-corrected chi connectivity index (χ0v) is 41.5. The number of hydrogen-bond acceptors (Lipinski definition) is 17. The fourth-order valence-electron chi connectivity index (χ4n) is 6.68. The molecular formula is C46H81F3N4O16S. The second kappa shape index (κ2) is 29.5. The van der Waals surface area contributed by atoms with Crippen LogP contribution in [0.15, 0.2) is 24.3 Å². The Morgan fingerprint density at radius 1 is 0.743 bits per heavy atom. The van der Waals surface area contributed by atoms with Crippen molar-refractivity contribution in [3.8, 4) is 5.75 Å². The van der Waals surface area contributed by atoms with Crippen molar-refractivity contribution in [2.45, 2.75) is 181 Å². The first-order valence-corrected chi connectivity index (χ1v) is 24.0. The number of aliphatic hydroxyl groups is 2. The molecule has 0 bridgehead atoms. The van der Waals surface area contributed by atoms with Crippen LogP contribution in [0.4, 0.5) is 27.6 Å². The van der Waals surface area contributed by atoms with Crippen LogP contribution in [-0.4, -0.2) is 156 Å². The number of carbonyl (C=O) groups is 4. The Morgan fingerprint density at radius 2 is 1.20 bits per heavy atom. The van der Waals surface area contributed by atoms with Crippen LogP contribution >= 0.6 is 0 Å². The standard InChI is InChI=1S/C19H25F3N2O7S.C10H19NO3.C10H18O5.C5H11NO.2CH4/c20-19(21,22)31-16-3-1-14(2-4-16)13-30-15-5-9-24(10-6-15)32(27,28)18(17(25)23-26)7-11-29-12-8-18;1-10(2,3)14-9(13)11-6-4-8(12)5-7-11;1-9(2,3)14-7(11)13-8(12)15-10(4,5)6;7-5-1-3-6-4-2-5;;/h1-4,15,26H,5-13H2,(H,23,25);8,12H,4-7H2,1-3H3;1-6H3;5-7H,1-4H2;2*1H4. The maximum absolute atomic E-state index is 13.2. The van der Waals surface area contributed by atoms with E-state index in [0.717, 1.165) is 25.9 Å². The Balaban J connectivity index is 0.00000104. The van der Waals surface area contributed by atoms with Crippen molar-refractivity contribution in [3.63, 3.8) is 0 Å². The van der Waals surface area contributed by atoms with Crippen LogP contribution in [0.25, 0.3) is 0 Å². The molecule has 20 nitrogen and oxygen atoms in total. The summed E-state index contributed by atoms with van der Waals surface area (Å²) in [7, 11) is -4.05. The van der Waals surface area contributed by atoms with E-state index in [-0.39, 0.29) is 90.8 Å². The molecule has 2 amide bonds. The molecule has 0 aromatic heterocycles. The summed E-state index contributed by atoms with van der Waals surface area (Å²) in [5.74, 6) is -1.29. The first kappa shape index (κ1) is 66.0. The fraction of sp³-hybridized carbons (Fsp3) is 0.783. The molecule has 1 aromatic carbocycles. The largest absolute Gasteiger partial charge is 0.573 e. The number of hydrogen-bond donors (Lipinski definition) is 5. The zero-order valence-electron chi connectivity index (χ0n) is 40.6. The van der Waals surface area contributed by atoms with Gasteiger partial charge in [0, 0.05) is 52.2 Å². The van der Waals surface area contributed by atoms with Crippen LogP contribution in [0, 0.1) is 0 Å². The number of alkyl halides is 3. The fourth-order valence-corrected chi connectivity index (χ4v) is 8.83. The van der Waals surface area contributed by atoms with Crippen molar-refractivity contribution in [2.75, 3.05) is 52.5 Å². The SMILES string of the molecule is C.C.CC(C)(C)OC(=O)N1CCC(O)CC1.CC(C)(C)OC(=O)OC(=O)OC(C)(C)C.O=C(NO)C1(S(=O)(=O)N2CCC(OCc3ccc(OC(F)(F)F)cc3)CC2)CCOCC1.OC1CCNCC1. The average molecular weight is 1040 g/mol. The van der Waals surface area contributed by atoms with Crippen LogP contribution in [0.1, 0.15) is 134 Å². The number of benzene rings is 1. The van der Waals surface area contributed by atoms with Gasteiger partial charge in [0.2, 0.25) is 10.0 Å². The summed E-state index contributed by atoms with van der Waals surface area (Å²) in [5, 5.41) is 30.4. The number of sulfonamides is 1. The molecule has 4 aliphatic heterocycles. The summed E-state index contributed by atoms with van der Waals surface area (Å²) in [6, 6.07) is 5.31. The smallest absolute Gasteiger partial charge is 0.444 e. The zero-order chi connectivity index (χ0) is 51.6. The molecule has 0 saturated carbocycles. The van der Waals surface area contributed by atoms with E-state index in [0.29, 0.717) is 44.3 Å². The van der Waals surface area contributed by atoms with Crippen LogP contribution < -0.4 is 15.5 Å². The van der Waals surface area contributed by atoms with Crippen molar-refractivity contribution in [1.82, 2.24) is 20.0 Å². The maximum Gasteiger partial charge on any atom is 0.573 e. The molecule has 5 rings (SSSR count). The lowest BCUT2D eigenvalue weighted by atomic mass is 9.98. The van der Waals surface area contributed by atoms with Crippen molar-refractivity contribution < 1.29 is 89.3 Å².